The van der Waals surface area contributed by atoms with Gasteiger partial charge in [0.2, 0.25) is 0 Å². The van der Waals surface area contributed by atoms with Crippen molar-refractivity contribution in [3.8, 4) is 11.5 Å². The molecule has 0 spiro atoms. The monoisotopic (exact) mass is 301 g/mol. The Morgan fingerprint density at radius 3 is 1.32 bits per heavy atom. The first kappa shape index (κ1) is 14.6. The second-order valence-corrected chi connectivity index (χ2v) is 5.12. The van der Waals surface area contributed by atoms with Crippen molar-refractivity contribution in [1.29, 1.82) is 0 Å². The first-order valence-corrected chi connectivity index (χ1v) is 7.04. The second-order valence-electron chi connectivity index (χ2n) is 5.12. The van der Waals surface area contributed by atoms with Crippen LogP contribution in [0.2, 0.25) is 0 Å². The smallest absolute Gasteiger partial charge is 0.128 e. The summed E-state index contributed by atoms with van der Waals surface area (Å²) in [6, 6.07) is 28.9. The lowest BCUT2D eigenvalue weighted by molar-refractivity contribution is 0.484. The molecule has 0 N–H and O–H groups in total. The summed E-state index contributed by atoms with van der Waals surface area (Å²) >= 11 is 0. The van der Waals surface area contributed by atoms with Gasteiger partial charge in [-0.2, -0.15) is 0 Å². The molecule has 0 saturated heterocycles. The maximum absolute atomic E-state index is 5.99. The van der Waals surface area contributed by atoms with E-state index in [0.29, 0.717) is 0 Å². The predicted octanol–water partition coefficient (Wildman–Crippen LogP) is 6.65. The van der Waals surface area contributed by atoms with Crippen molar-refractivity contribution >= 4 is 31.4 Å². The van der Waals surface area contributed by atoms with E-state index in [1.165, 1.54) is 21.5 Å². The molecule has 4 aromatic carbocycles. The van der Waals surface area contributed by atoms with E-state index in [1.807, 2.05) is 36.4 Å². The van der Waals surface area contributed by atoms with E-state index in [2.05, 4.69) is 48.5 Å². The minimum Gasteiger partial charge on any atom is -0.457 e. The Kier molecular flexibility index (Phi) is 4.09. The molecule has 0 bridgehead atoms. The molecule has 0 heterocycles. The molecule has 4 aromatic rings. The highest BCUT2D eigenvalue weighted by atomic mass is 31.0. The van der Waals surface area contributed by atoms with Crippen LogP contribution in [0.4, 0.5) is 0 Å². The lowest BCUT2D eigenvalue weighted by Crippen LogP contribution is -1.84. The van der Waals surface area contributed by atoms with Gasteiger partial charge in [0, 0.05) is 9.90 Å². The van der Waals surface area contributed by atoms with Gasteiger partial charge >= 0.3 is 0 Å². The van der Waals surface area contributed by atoms with Gasteiger partial charge in [-0.1, -0.05) is 60.7 Å². The zero-order valence-corrected chi connectivity index (χ0v) is 12.8. The van der Waals surface area contributed by atoms with Gasteiger partial charge in [-0.3, -0.25) is 0 Å². The van der Waals surface area contributed by atoms with Crippen molar-refractivity contribution in [2.45, 2.75) is 0 Å². The quantitative estimate of drug-likeness (QED) is 0.377. The van der Waals surface area contributed by atoms with E-state index in [4.69, 9.17) is 4.74 Å². The van der Waals surface area contributed by atoms with Crippen molar-refractivity contribution in [1.82, 2.24) is 0 Å². The average Bonchev–Trinajstić information content (AvgIpc) is 2.55. The van der Waals surface area contributed by atoms with E-state index < -0.39 is 0 Å². The molecule has 4 rings (SSSR count). The van der Waals surface area contributed by atoms with Crippen molar-refractivity contribution in [2.24, 2.45) is 0 Å². The molecule has 105 valence electrons. The van der Waals surface area contributed by atoms with Gasteiger partial charge in [0.05, 0.1) is 0 Å². The molecular weight excluding hydrogens is 287 g/mol. The lowest BCUT2D eigenvalue weighted by atomic mass is 10.1. The Hall–Kier alpha value is -2.37. The fraction of sp³-hybridized carbons (Fsp3) is 0. The lowest BCUT2D eigenvalue weighted by Gasteiger charge is -2.08. The topological polar surface area (TPSA) is 9.23 Å². The van der Waals surface area contributed by atoms with Crippen LogP contribution in [0.25, 0.3) is 21.5 Å². The molecule has 0 aliphatic heterocycles. The Labute approximate surface area is 133 Å². The van der Waals surface area contributed by atoms with E-state index in [1.54, 1.807) is 0 Å². The van der Waals surface area contributed by atoms with Crippen LogP contribution in [0.15, 0.2) is 84.9 Å². The van der Waals surface area contributed by atoms with Crippen LogP contribution in [-0.4, -0.2) is 0 Å². The predicted molar refractivity (Wildman–Crippen MR) is 94.9 cm³/mol. The number of benzene rings is 4. The fourth-order valence-electron chi connectivity index (χ4n) is 2.60. The van der Waals surface area contributed by atoms with Gasteiger partial charge in [0.1, 0.15) is 11.5 Å². The molecule has 1 nitrogen and oxygen atoms in total. The highest BCUT2D eigenvalue weighted by molar-refractivity contribution is 6.92. The molecule has 0 amide bonds. The molecule has 0 aliphatic rings. The minimum absolute atomic E-state index is 0. The zero-order chi connectivity index (χ0) is 14.1. The maximum Gasteiger partial charge on any atom is 0.128 e. The van der Waals surface area contributed by atoms with E-state index >= 15 is 0 Å². The second kappa shape index (κ2) is 6.17. The van der Waals surface area contributed by atoms with Crippen LogP contribution in [-0.2, 0) is 0 Å². The number of rotatable bonds is 2. The summed E-state index contributed by atoms with van der Waals surface area (Å²) in [6.07, 6.45) is 0. The van der Waals surface area contributed by atoms with Crippen LogP contribution in [0.3, 0.4) is 0 Å². The van der Waals surface area contributed by atoms with Crippen LogP contribution in [0.1, 0.15) is 0 Å². The molecule has 0 unspecified atom stereocenters. The number of hydrogen-bond donors (Lipinski definition) is 0. The SMILES string of the molecule is [P].c1ccc2cc(Oc3ccc4ccccc4c3)ccc2c1. The molecule has 0 fully saturated rings. The van der Waals surface area contributed by atoms with Gasteiger partial charge in [0.25, 0.3) is 0 Å². The first-order valence-electron chi connectivity index (χ1n) is 7.04. The Balaban J connectivity index is 0.00000144. The molecule has 22 heavy (non-hydrogen) atoms. The third-order valence-corrected chi connectivity index (χ3v) is 3.68. The molecule has 0 aliphatic carbocycles. The summed E-state index contributed by atoms with van der Waals surface area (Å²) in [5.41, 5.74) is 0. The summed E-state index contributed by atoms with van der Waals surface area (Å²) in [5, 5.41) is 4.83. The third-order valence-electron chi connectivity index (χ3n) is 3.68. The van der Waals surface area contributed by atoms with Crippen LogP contribution in [0, 0.1) is 0 Å². The Morgan fingerprint density at radius 2 is 0.864 bits per heavy atom. The summed E-state index contributed by atoms with van der Waals surface area (Å²) in [7, 11) is 0. The number of ether oxygens (including phenoxy) is 1. The summed E-state index contributed by atoms with van der Waals surface area (Å²) in [4.78, 5) is 0. The number of fused-ring (bicyclic) bond motifs is 2. The molecule has 2 heteroatoms. The third kappa shape index (κ3) is 2.81. The van der Waals surface area contributed by atoms with E-state index in [9.17, 15) is 0 Å². The van der Waals surface area contributed by atoms with Crippen molar-refractivity contribution in [3.63, 3.8) is 0 Å². The molecule has 3 radical (unpaired) electrons. The molecule has 0 atom stereocenters. The van der Waals surface area contributed by atoms with Gasteiger partial charge < -0.3 is 4.74 Å². The fourth-order valence-corrected chi connectivity index (χ4v) is 2.60. The highest BCUT2D eigenvalue weighted by Crippen LogP contribution is 2.28. The minimum atomic E-state index is 0. The van der Waals surface area contributed by atoms with Gasteiger partial charge in [-0.05, 0) is 45.8 Å². The van der Waals surface area contributed by atoms with Gasteiger partial charge in [-0.25, -0.2) is 0 Å². The summed E-state index contributed by atoms with van der Waals surface area (Å²) < 4.78 is 5.99. The summed E-state index contributed by atoms with van der Waals surface area (Å²) in [6.45, 7) is 0. The average molecular weight is 301 g/mol. The van der Waals surface area contributed by atoms with E-state index in [0.717, 1.165) is 11.5 Å². The van der Waals surface area contributed by atoms with Crippen LogP contribution >= 0.6 is 9.90 Å². The molecule has 0 saturated carbocycles. The normalized spacial score (nSPS) is 10.4. The first-order chi connectivity index (χ1) is 10.4. The van der Waals surface area contributed by atoms with Crippen molar-refractivity contribution < 1.29 is 4.74 Å². The van der Waals surface area contributed by atoms with Crippen molar-refractivity contribution in [3.05, 3.63) is 84.9 Å². The van der Waals surface area contributed by atoms with Crippen LogP contribution < -0.4 is 4.74 Å². The Morgan fingerprint density at radius 1 is 0.455 bits per heavy atom. The molecule has 0 aromatic heterocycles. The largest absolute Gasteiger partial charge is 0.457 e. The van der Waals surface area contributed by atoms with Crippen molar-refractivity contribution in [2.75, 3.05) is 0 Å². The number of hydrogen-bond acceptors (Lipinski definition) is 1. The van der Waals surface area contributed by atoms with E-state index in [-0.39, 0.29) is 9.90 Å². The van der Waals surface area contributed by atoms with Crippen LogP contribution in [0.5, 0.6) is 11.5 Å². The Bertz CT molecular complexity index is 853. The highest BCUT2D eigenvalue weighted by Gasteiger charge is 2.01. The zero-order valence-electron chi connectivity index (χ0n) is 11.9. The molecular formula is C20H14OP. The standard InChI is InChI=1S/C20H14O.P/c1-3-7-17-13-19(11-9-15(17)5-1)21-20-12-10-16-6-2-4-8-18(16)14-20;/h1-14H;. The van der Waals surface area contributed by atoms with Gasteiger partial charge in [-0.15, -0.1) is 0 Å². The maximum atomic E-state index is 5.99. The summed E-state index contributed by atoms with van der Waals surface area (Å²) in [5.74, 6) is 1.73. The van der Waals surface area contributed by atoms with Gasteiger partial charge in [0.15, 0.2) is 0 Å².